The lowest BCUT2D eigenvalue weighted by atomic mass is 10.0. The molecular formula is C24H24N2O4S. The number of aromatic hydroxyl groups is 1. The number of carbonyl (C=O) groups excluding carboxylic acids is 1. The van der Waals surface area contributed by atoms with Crippen molar-refractivity contribution in [3.8, 4) is 5.75 Å². The number of fused-ring (bicyclic) bond motifs is 1. The van der Waals surface area contributed by atoms with Crippen molar-refractivity contribution in [2.45, 2.75) is 30.7 Å². The second-order valence-electron chi connectivity index (χ2n) is 7.63. The highest BCUT2D eigenvalue weighted by molar-refractivity contribution is 7.92. The highest BCUT2D eigenvalue weighted by atomic mass is 32.2. The maximum absolute atomic E-state index is 13.4. The van der Waals surface area contributed by atoms with E-state index in [0.29, 0.717) is 12.2 Å². The van der Waals surface area contributed by atoms with E-state index in [-0.39, 0.29) is 28.2 Å². The molecule has 3 aromatic rings. The van der Waals surface area contributed by atoms with E-state index in [1.807, 2.05) is 24.3 Å². The molecule has 0 bridgehead atoms. The zero-order valence-corrected chi connectivity index (χ0v) is 18.0. The summed E-state index contributed by atoms with van der Waals surface area (Å²) < 4.78 is 28.2. The minimum atomic E-state index is -3.80. The lowest BCUT2D eigenvalue weighted by Crippen LogP contribution is -2.35. The van der Waals surface area contributed by atoms with Crippen LogP contribution < -0.4 is 9.62 Å². The molecule has 0 aliphatic carbocycles. The molecule has 2 N–H and O–H groups in total. The minimum absolute atomic E-state index is 0.0851. The second kappa shape index (κ2) is 8.43. The van der Waals surface area contributed by atoms with Gasteiger partial charge in [-0.05, 0) is 67.3 Å². The topological polar surface area (TPSA) is 86.7 Å². The number of anilines is 1. The lowest BCUT2D eigenvalue weighted by molar-refractivity contribution is 0.0939. The van der Waals surface area contributed by atoms with Crippen molar-refractivity contribution in [1.29, 1.82) is 0 Å². The summed E-state index contributed by atoms with van der Waals surface area (Å²) in [5, 5.41) is 12.5. The van der Waals surface area contributed by atoms with E-state index in [2.05, 4.69) is 5.32 Å². The number of nitrogens with zero attached hydrogens (tertiary/aromatic N) is 1. The Bertz CT molecular complexity index is 1220. The average molecular weight is 437 g/mol. The molecule has 1 heterocycles. The number of hydrogen-bond acceptors (Lipinski definition) is 4. The third kappa shape index (κ3) is 4.27. The Hall–Kier alpha value is -3.32. The summed E-state index contributed by atoms with van der Waals surface area (Å²) in [5.74, 6) is -0.263. The van der Waals surface area contributed by atoms with Gasteiger partial charge in [0.2, 0.25) is 0 Å². The minimum Gasteiger partial charge on any atom is -0.508 e. The summed E-state index contributed by atoms with van der Waals surface area (Å²) >= 11 is 0. The lowest BCUT2D eigenvalue weighted by Gasteiger charge is -2.30. The van der Waals surface area contributed by atoms with Gasteiger partial charge in [-0.15, -0.1) is 0 Å². The molecule has 31 heavy (non-hydrogen) atoms. The summed E-state index contributed by atoms with van der Waals surface area (Å²) in [6, 6.07) is 19.9. The van der Waals surface area contributed by atoms with Gasteiger partial charge in [-0.25, -0.2) is 8.42 Å². The van der Waals surface area contributed by atoms with E-state index >= 15 is 0 Å². The Balaban J connectivity index is 1.59. The molecule has 6 nitrogen and oxygen atoms in total. The molecule has 1 aliphatic rings. The van der Waals surface area contributed by atoms with Crippen LogP contribution in [0.2, 0.25) is 0 Å². The Labute approximate surface area is 182 Å². The number of benzene rings is 3. The number of carbonyl (C=O) groups is 1. The molecule has 0 saturated carbocycles. The van der Waals surface area contributed by atoms with Crippen LogP contribution in [0, 0.1) is 0 Å². The zero-order chi connectivity index (χ0) is 22.0. The first-order chi connectivity index (χ1) is 14.9. The molecule has 7 heteroatoms. The molecule has 1 aliphatic heterocycles. The van der Waals surface area contributed by atoms with Crippen LogP contribution in [-0.4, -0.2) is 26.0 Å². The molecule has 0 spiro atoms. The second-order valence-corrected chi connectivity index (χ2v) is 9.49. The van der Waals surface area contributed by atoms with Crippen molar-refractivity contribution >= 4 is 21.6 Å². The van der Waals surface area contributed by atoms with Gasteiger partial charge in [0.15, 0.2) is 0 Å². The highest BCUT2D eigenvalue weighted by Gasteiger charge is 2.29. The summed E-state index contributed by atoms with van der Waals surface area (Å²) in [5.41, 5.74) is 2.72. The molecule has 1 amide bonds. The van der Waals surface area contributed by atoms with Crippen LogP contribution in [0.15, 0.2) is 77.7 Å². The van der Waals surface area contributed by atoms with Gasteiger partial charge in [-0.1, -0.05) is 36.4 Å². The number of amides is 1. The SMILES string of the molecule is C[C@@H](NC(=O)c1cccc(S(=O)(=O)N2CCCc3ccccc32)c1)c1cccc(O)c1. The Kier molecular flexibility index (Phi) is 5.69. The van der Waals surface area contributed by atoms with E-state index < -0.39 is 10.0 Å². The van der Waals surface area contributed by atoms with Gasteiger partial charge in [-0.3, -0.25) is 9.10 Å². The first-order valence-corrected chi connectivity index (χ1v) is 11.6. The van der Waals surface area contributed by atoms with Gasteiger partial charge in [0, 0.05) is 12.1 Å². The smallest absolute Gasteiger partial charge is 0.264 e. The molecule has 0 saturated heterocycles. The van der Waals surface area contributed by atoms with Gasteiger partial charge < -0.3 is 10.4 Å². The zero-order valence-electron chi connectivity index (χ0n) is 17.2. The van der Waals surface area contributed by atoms with Crippen LogP contribution in [0.5, 0.6) is 5.75 Å². The molecule has 160 valence electrons. The first kappa shape index (κ1) is 20.9. The van der Waals surface area contributed by atoms with Crippen LogP contribution in [0.4, 0.5) is 5.69 Å². The fourth-order valence-corrected chi connectivity index (χ4v) is 5.42. The van der Waals surface area contributed by atoms with Gasteiger partial charge in [0.05, 0.1) is 16.6 Å². The van der Waals surface area contributed by atoms with E-state index in [1.54, 1.807) is 43.3 Å². The van der Waals surface area contributed by atoms with Crippen LogP contribution in [0.25, 0.3) is 0 Å². The average Bonchev–Trinajstić information content (AvgIpc) is 2.78. The van der Waals surface area contributed by atoms with Crippen LogP contribution in [0.3, 0.4) is 0 Å². The molecule has 1 atom stereocenters. The van der Waals surface area contributed by atoms with E-state index in [0.717, 1.165) is 24.0 Å². The van der Waals surface area contributed by atoms with Crippen LogP contribution in [0.1, 0.15) is 40.9 Å². The summed E-state index contributed by atoms with van der Waals surface area (Å²) in [6.45, 7) is 2.21. The van der Waals surface area contributed by atoms with E-state index in [9.17, 15) is 18.3 Å². The number of aryl methyl sites for hydroxylation is 1. The van der Waals surface area contributed by atoms with Crippen molar-refractivity contribution in [1.82, 2.24) is 5.32 Å². The number of phenols is 1. The van der Waals surface area contributed by atoms with E-state index in [1.165, 1.54) is 16.4 Å². The van der Waals surface area contributed by atoms with Crippen molar-refractivity contribution in [2.24, 2.45) is 0 Å². The molecular weight excluding hydrogens is 412 g/mol. The Morgan fingerprint density at radius 1 is 1.03 bits per heavy atom. The third-order valence-corrected chi connectivity index (χ3v) is 7.28. The standard InChI is InChI=1S/C24H24N2O4S/c1-17(19-8-4-11-21(27)15-19)25-24(28)20-9-5-12-22(16-20)31(29,30)26-14-6-10-18-7-2-3-13-23(18)26/h2-5,7-9,11-13,15-17,27H,6,10,14H2,1H3,(H,25,28)/t17-/m1/s1. The molecule has 0 radical (unpaired) electrons. The highest BCUT2D eigenvalue weighted by Crippen LogP contribution is 2.32. The fraction of sp³-hybridized carbons (Fsp3) is 0.208. The third-order valence-electron chi connectivity index (χ3n) is 5.47. The first-order valence-electron chi connectivity index (χ1n) is 10.2. The Morgan fingerprint density at radius 2 is 1.81 bits per heavy atom. The number of para-hydroxylation sites is 1. The maximum atomic E-state index is 13.4. The Morgan fingerprint density at radius 3 is 2.61 bits per heavy atom. The summed E-state index contributed by atoms with van der Waals surface area (Å²) in [4.78, 5) is 12.9. The summed E-state index contributed by atoms with van der Waals surface area (Å²) in [6.07, 6.45) is 1.59. The molecule has 0 aromatic heterocycles. The molecule has 4 rings (SSSR count). The van der Waals surface area contributed by atoms with Crippen molar-refractivity contribution < 1.29 is 18.3 Å². The van der Waals surface area contributed by atoms with Crippen LogP contribution in [-0.2, 0) is 16.4 Å². The fourth-order valence-electron chi connectivity index (χ4n) is 3.83. The normalized spacial score (nSPS) is 14.5. The number of phenolic OH excluding ortho intramolecular Hbond substituents is 1. The monoisotopic (exact) mass is 436 g/mol. The molecule has 0 fully saturated rings. The predicted octanol–water partition coefficient (Wildman–Crippen LogP) is 4.02. The number of nitrogens with one attached hydrogen (secondary N) is 1. The quantitative estimate of drug-likeness (QED) is 0.632. The van der Waals surface area contributed by atoms with E-state index in [4.69, 9.17) is 0 Å². The maximum Gasteiger partial charge on any atom is 0.264 e. The van der Waals surface area contributed by atoms with Crippen molar-refractivity contribution in [2.75, 3.05) is 10.8 Å². The molecule has 3 aromatic carbocycles. The number of sulfonamides is 1. The predicted molar refractivity (Wildman–Crippen MR) is 120 cm³/mol. The molecule has 0 unspecified atom stereocenters. The summed E-state index contributed by atoms with van der Waals surface area (Å²) in [7, 11) is -3.80. The van der Waals surface area contributed by atoms with Crippen LogP contribution >= 0.6 is 0 Å². The number of rotatable bonds is 5. The largest absolute Gasteiger partial charge is 0.508 e. The number of hydrogen-bond donors (Lipinski definition) is 2. The van der Waals surface area contributed by atoms with Gasteiger partial charge in [0.1, 0.15) is 5.75 Å². The van der Waals surface area contributed by atoms with Crippen molar-refractivity contribution in [3.63, 3.8) is 0 Å². The van der Waals surface area contributed by atoms with Crippen molar-refractivity contribution in [3.05, 3.63) is 89.5 Å². The van der Waals surface area contributed by atoms with Gasteiger partial charge >= 0.3 is 0 Å². The van der Waals surface area contributed by atoms with Gasteiger partial charge in [-0.2, -0.15) is 0 Å². The van der Waals surface area contributed by atoms with Gasteiger partial charge in [0.25, 0.3) is 15.9 Å².